The zero-order chi connectivity index (χ0) is 16.2. The summed E-state index contributed by atoms with van der Waals surface area (Å²) in [6, 6.07) is 5.87. The van der Waals surface area contributed by atoms with Crippen LogP contribution in [0.2, 0.25) is 0 Å². The topological polar surface area (TPSA) is 32.3 Å². The van der Waals surface area contributed by atoms with Crippen LogP contribution in [0.3, 0.4) is 0 Å². The molecule has 0 saturated heterocycles. The van der Waals surface area contributed by atoms with Gasteiger partial charge in [0.1, 0.15) is 5.82 Å². The highest BCUT2D eigenvalue weighted by Gasteiger charge is 2.10. The summed E-state index contributed by atoms with van der Waals surface area (Å²) in [5, 5.41) is 2.88. The third-order valence-electron chi connectivity index (χ3n) is 3.81. The number of anilines is 1. The summed E-state index contributed by atoms with van der Waals surface area (Å²) < 4.78 is 13.1. The Balaban J connectivity index is 2.10. The monoisotopic (exact) mass is 308 g/mol. The van der Waals surface area contributed by atoms with Gasteiger partial charge in [0.2, 0.25) is 0 Å². The molecular weight excluding hydrogens is 279 g/mol. The van der Waals surface area contributed by atoms with E-state index in [-0.39, 0.29) is 11.8 Å². The Morgan fingerprint density at radius 1 is 1.09 bits per heavy atom. The van der Waals surface area contributed by atoms with E-state index in [0.29, 0.717) is 12.2 Å². The average molecular weight is 308 g/mol. The van der Waals surface area contributed by atoms with Gasteiger partial charge in [-0.2, -0.15) is 0 Å². The van der Waals surface area contributed by atoms with E-state index in [4.69, 9.17) is 0 Å². The molecule has 0 bridgehead atoms. The lowest BCUT2D eigenvalue weighted by Crippen LogP contribution is -2.37. The first-order chi connectivity index (χ1) is 10.6. The fraction of sp³-hybridized carbons (Fsp3) is 0.611. The number of rotatable bonds is 10. The van der Waals surface area contributed by atoms with Gasteiger partial charge in [0.05, 0.1) is 0 Å². The fourth-order valence-electron chi connectivity index (χ4n) is 2.37. The molecule has 124 valence electrons. The first kappa shape index (κ1) is 18.5. The van der Waals surface area contributed by atoms with Crippen molar-refractivity contribution in [3.63, 3.8) is 0 Å². The van der Waals surface area contributed by atoms with Crippen LogP contribution in [0, 0.1) is 5.82 Å². The van der Waals surface area contributed by atoms with E-state index in [0.717, 1.165) is 12.8 Å². The second-order valence-electron chi connectivity index (χ2n) is 5.75. The number of hydrogen-bond acceptors (Lipinski definition) is 1. The van der Waals surface area contributed by atoms with Crippen molar-refractivity contribution in [1.29, 1.82) is 0 Å². The molecule has 0 unspecified atom stereocenters. The molecule has 1 aromatic rings. The van der Waals surface area contributed by atoms with Gasteiger partial charge in [0, 0.05) is 19.3 Å². The van der Waals surface area contributed by atoms with Gasteiger partial charge in [-0.3, -0.25) is 4.90 Å². The second-order valence-corrected chi connectivity index (χ2v) is 5.75. The Morgan fingerprint density at radius 2 is 1.73 bits per heavy atom. The third-order valence-corrected chi connectivity index (χ3v) is 3.81. The number of amides is 2. The molecule has 0 saturated carbocycles. The highest BCUT2D eigenvalue weighted by atomic mass is 19.1. The molecule has 0 fully saturated rings. The number of unbranched alkanes of at least 4 members (excludes halogenated alkanes) is 7. The number of benzene rings is 1. The van der Waals surface area contributed by atoms with E-state index in [9.17, 15) is 9.18 Å². The summed E-state index contributed by atoms with van der Waals surface area (Å²) >= 11 is 0. The summed E-state index contributed by atoms with van der Waals surface area (Å²) in [5.74, 6) is -0.333. The Bertz CT molecular complexity index is 437. The van der Waals surface area contributed by atoms with Crippen LogP contribution in [0.1, 0.15) is 58.3 Å². The van der Waals surface area contributed by atoms with Gasteiger partial charge < -0.3 is 5.32 Å². The van der Waals surface area contributed by atoms with E-state index in [1.54, 1.807) is 19.2 Å². The van der Waals surface area contributed by atoms with Crippen molar-refractivity contribution >= 4 is 11.7 Å². The lowest BCUT2D eigenvalue weighted by molar-refractivity contribution is 0.247. The Morgan fingerprint density at radius 3 is 2.36 bits per heavy atom. The number of nitrogens with zero attached hydrogens (tertiary/aromatic N) is 1. The van der Waals surface area contributed by atoms with Crippen LogP contribution in [-0.2, 0) is 0 Å². The van der Waals surface area contributed by atoms with Gasteiger partial charge in [-0.25, -0.2) is 9.18 Å². The number of nitrogens with one attached hydrogen (secondary N) is 1. The van der Waals surface area contributed by atoms with Crippen molar-refractivity contribution in [1.82, 2.24) is 5.32 Å². The molecule has 0 heterocycles. The van der Waals surface area contributed by atoms with Gasteiger partial charge in [0.15, 0.2) is 0 Å². The standard InChI is InChI=1S/C18H29FN2O/c1-3-4-5-6-7-8-9-10-14-20-18(22)21(2)17-13-11-12-16(19)15-17/h11-13,15H,3-10,14H2,1-2H3,(H,20,22). The molecule has 4 heteroatoms. The number of halogens is 1. The number of urea groups is 1. The smallest absolute Gasteiger partial charge is 0.321 e. The fourth-order valence-corrected chi connectivity index (χ4v) is 2.37. The molecule has 1 rings (SSSR count). The maximum absolute atomic E-state index is 13.1. The minimum atomic E-state index is -0.333. The molecule has 2 amide bonds. The highest BCUT2D eigenvalue weighted by molar-refractivity contribution is 5.91. The molecule has 0 aromatic heterocycles. The summed E-state index contributed by atoms with van der Waals surface area (Å²) in [5.41, 5.74) is 0.563. The molecular formula is C18H29FN2O. The van der Waals surface area contributed by atoms with Gasteiger partial charge in [-0.15, -0.1) is 0 Å². The lowest BCUT2D eigenvalue weighted by Gasteiger charge is -2.18. The molecule has 0 aliphatic carbocycles. The van der Waals surface area contributed by atoms with Crippen molar-refractivity contribution in [2.45, 2.75) is 58.3 Å². The van der Waals surface area contributed by atoms with Gasteiger partial charge in [0.25, 0.3) is 0 Å². The van der Waals surface area contributed by atoms with E-state index >= 15 is 0 Å². The Hall–Kier alpha value is -1.58. The number of hydrogen-bond donors (Lipinski definition) is 1. The average Bonchev–Trinajstić information content (AvgIpc) is 2.52. The van der Waals surface area contributed by atoms with Crippen molar-refractivity contribution < 1.29 is 9.18 Å². The van der Waals surface area contributed by atoms with E-state index < -0.39 is 0 Å². The molecule has 0 aliphatic rings. The maximum atomic E-state index is 13.1. The molecule has 1 aromatic carbocycles. The minimum absolute atomic E-state index is 0.187. The van der Waals surface area contributed by atoms with Crippen LogP contribution in [0.25, 0.3) is 0 Å². The molecule has 3 nitrogen and oxygen atoms in total. The normalized spacial score (nSPS) is 10.5. The van der Waals surface area contributed by atoms with Crippen LogP contribution in [-0.4, -0.2) is 19.6 Å². The van der Waals surface area contributed by atoms with Gasteiger partial charge in [-0.05, 0) is 24.6 Å². The van der Waals surface area contributed by atoms with Crippen LogP contribution < -0.4 is 10.2 Å². The summed E-state index contributed by atoms with van der Waals surface area (Å²) in [6.07, 6.45) is 9.95. The largest absolute Gasteiger partial charge is 0.338 e. The SMILES string of the molecule is CCCCCCCCCCNC(=O)N(C)c1cccc(F)c1. The minimum Gasteiger partial charge on any atom is -0.338 e. The number of carbonyl (C=O) groups is 1. The maximum Gasteiger partial charge on any atom is 0.321 e. The summed E-state index contributed by atoms with van der Waals surface area (Å²) in [7, 11) is 1.65. The van der Waals surface area contributed by atoms with Crippen molar-refractivity contribution in [3.8, 4) is 0 Å². The van der Waals surface area contributed by atoms with E-state index in [1.165, 1.54) is 55.6 Å². The van der Waals surface area contributed by atoms with E-state index in [1.807, 2.05) is 0 Å². The predicted molar refractivity (Wildman–Crippen MR) is 90.8 cm³/mol. The number of carbonyl (C=O) groups excluding carboxylic acids is 1. The summed E-state index contributed by atoms with van der Waals surface area (Å²) in [4.78, 5) is 13.4. The second kappa shape index (κ2) is 11.0. The third kappa shape index (κ3) is 7.43. The van der Waals surface area contributed by atoms with E-state index in [2.05, 4.69) is 12.2 Å². The zero-order valence-corrected chi connectivity index (χ0v) is 13.9. The van der Waals surface area contributed by atoms with Crippen LogP contribution in [0.4, 0.5) is 14.9 Å². The quantitative estimate of drug-likeness (QED) is 0.598. The molecule has 0 radical (unpaired) electrons. The van der Waals surface area contributed by atoms with Crippen LogP contribution in [0.5, 0.6) is 0 Å². The lowest BCUT2D eigenvalue weighted by atomic mass is 10.1. The highest BCUT2D eigenvalue weighted by Crippen LogP contribution is 2.13. The van der Waals surface area contributed by atoms with Crippen LogP contribution in [0.15, 0.2) is 24.3 Å². The summed E-state index contributed by atoms with van der Waals surface area (Å²) in [6.45, 7) is 2.90. The molecule has 0 aliphatic heterocycles. The van der Waals surface area contributed by atoms with Gasteiger partial charge in [-0.1, -0.05) is 57.9 Å². The Kier molecular flexibility index (Phi) is 9.28. The molecule has 22 heavy (non-hydrogen) atoms. The molecule has 0 spiro atoms. The van der Waals surface area contributed by atoms with Crippen LogP contribution >= 0.6 is 0 Å². The van der Waals surface area contributed by atoms with Crippen molar-refractivity contribution in [3.05, 3.63) is 30.1 Å². The first-order valence-corrected chi connectivity index (χ1v) is 8.42. The first-order valence-electron chi connectivity index (χ1n) is 8.42. The predicted octanol–water partition coefficient (Wildman–Crippen LogP) is 5.11. The van der Waals surface area contributed by atoms with Crippen molar-refractivity contribution in [2.75, 3.05) is 18.5 Å². The van der Waals surface area contributed by atoms with Gasteiger partial charge >= 0.3 is 6.03 Å². The zero-order valence-electron chi connectivity index (χ0n) is 13.9. The Labute approximate surface area is 133 Å². The molecule has 1 N–H and O–H groups in total. The van der Waals surface area contributed by atoms with Crippen molar-refractivity contribution in [2.24, 2.45) is 0 Å². The molecule has 0 atom stereocenters.